The van der Waals surface area contributed by atoms with Crippen LogP contribution in [-0.2, 0) is 11.4 Å². The summed E-state index contributed by atoms with van der Waals surface area (Å²) < 4.78 is 0. The number of carbonyl (C=O) groups excluding carboxylic acids is 1. The van der Waals surface area contributed by atoms with Crippen molar-refractivity contribution in [3.05, 3.63) is 29.8 Å². The molecule has 20 heavy (non-hydrogen) atoms. The highest BCUT2D eigenvalue weighted by Crippen LogP contribution is 2.21. The van der Waals surface area contributed by atoms with Crippen LogP contribution in [0.1, 0.15) is 32.8 Å². The van der Waals surface area contributed by atoms with Crippen molar-refractivity contribution in [2.75, 3.05) is 18.0 Å². The molecule has 0 heterocycles. The van der Waals surface area contributed by atoms with Crippen molar-refractivity contribution in [1.82, 2.24) is 0 Å². The van der Waals surface area contributed by atoms with Gasteiger partial charge in [-0.3, -0.25) is 4.79 Å². The molecule has 0 aliphatic carbocycles. The highest BCUT2D eigenvalue weighted by atomic mass is 16.3. The summed E-state index contributed by atoms with van der Waals surface area (Å²) in [6.45, 7) is 6.58. The van der Waals surface area contributed by atoms with Gasteiger partial charge in [0.1, 0.15) is 6.10 Å². The third-order valence-corrected chi connectivity index (χ3v) is 3.29. The van der Waals surface area contributed by atoms with Crippen LogP contribution in [0.4, 0.5) is 5.69 Å². The van der Waals surface area contributed by atoms with Crippen LogP contribution in [0.5, 0.6) is 0 Å². The molecule has 0 saturated heterocycles. The fourth-order valence-electron chi connectivity index (χ4n) is 2.22. The fourth-order valence-corrected chi connectivity index (χ4v) is 2.22. The van der Waals surface area contributed by atoms with Crippen molar-refractivity contribution < 1.29 is 15.0 Å². The van der Waals surface area contributed by atoms with E-state index in [2.05, 4.69) is 0 Å². The maximum absolute atomic E-state index is 11.8. The molecule has 0 amide bonds. The lowest BCUT2D eigenvalue weighted by atomic mass is 10.0. The van der Waals surface area contributed by atoms with Gasteiger partial charge in [-0.25, -0.2) is 0 Å². The Morgan fingerprint density at radius 1 is 1.30 bits per heavy atom. The highest BCUT2D eigenvalue weighted by molar-refractivity contribution is 5.85. The van der Waals surface area contributed by atoms with Crippen LogP contribution in [0.25, 0.3) is 0 Å². The van der Waals surface area contributed by atoms with Gasteiger partial charge < -0.3 is 15.1 Å². The molecule has 4 nitrogen and oxygen atoms in total. The summed E-state index contributed by atoms with van der Waals surface area (Å²) in [5.74, 6) is -0.325. The van der Waals surface area contributed by atoms with Crippen LogP contribution in [0.15, 0.2) is 24.3 Å². The number of rotatable bonds is 8. The van der Waals surface area contributed by atoms with Gasteiger partial charge in [0, 0.05) is 23.7 Å². The minimum Gasteiger partial charge on any atom is -0.392 e. The molecule has 0 radical (unpaired) electrons. The van der Waals surface area contributed by atoms with E-state index in [1.54, 1.807) is 13.8 Å². The second kappa shape index (κ2) is 8.02. The van der Waals surface area contributed by atoms with E-state index in [1.165, 1.54) is 0 Å². The zero-order valence-corrected chi connectivity index (χ0v) is 12.5. The van der Waals surface area contributed by atoms with Crippen LogP contribution in [-0.4, -0.2) is 35.2 Å². The number of nitrogens with zero attached hydrogens (tertiary/aromatic N) is 1. The zero-order chi connectivity index (χ0) is 15.1. The van der Waals surface area contributed by atoms with E-state index >= 15 is 0 Å². The summed E-state index contributed by atoms with van der Waals surface area (Å²) in [6.07, 6.45) is -0.0872. The van der Waals surface area contributed by atoms with Crippen LogP contribution in [0, 0.1) is 5.92 Å². The molecule has 2 N–H and O–H groups in total. The average Bonchev–Trinajstić information content (AvgIpc) is 2.45. The summed E-state index contributed by atoms with van der Waals surface area (Å²) in [6, 6.07) is 7.53. The van der Waals surface area contributed by atoms with E-state index in [0.717, 1.165) is 24.2 Å². The minimum absolute atomic E-state index is 0.0510. The minimum atomic E-state index is -0.992. The number of Topliss-reactive ketones (excluding diaryl/α,β-unsaturated/α-hetero) is 1. The Labute approximate surface area is 121 Å². The molecule has 1 unspecified atom stereocenters. The van der Waals surface area contributed by atoms with E-state index in [0.29, 0.717) is 0 Å². The third-order valence-electron chi connectivity index (χ3n) is 3.29. The van der Waals surface area contributed by atoms with E-state index in [9.17, 15) is 15.0 Å². The van der Waals surface area contributed by atoms with Crippen molar-refractivity contribution in [1.29, 1.82) is 0 Å². The zero-order valence-electron chi connectivity index (χ0n) is 12.5. The Balaban J connectivity index is 2.91. The molecule has 1 atom stereocenters. The Kier molecular flexibility index (Phi) is 6.68. The molecule has 0 aliphatic rings. The largest absolute Gasteiger partial charge is 0.392 e. The van der Waals surface area contributed by atoms with Crippen LogP contribution in [0.2, 0.25) is 0 Å². The van der Waals surface area contributed by atoms with E-state index in [1.807, 2.05) is 36.1 Å². The number of benzene rings is 1. The summed E-state index contributed by atoms with van der Waals surface area (Å²) in [4.78, 5) is 13.8. The number of aliphatic hydroxyl groups is 2. The Morgan fingerprint density at radius 3 is 2.50 bits per heavy atom. The summed E-state index contributed by atoms with van der Waals surface area (Å²) in [5, 5.41) is 19.5. The van der Waals surface area contributed by atoms with Crippen molar-refractivity contribution in [3.8, 4) is 0 Å². The van der Waals surface area contributed by atoms with Crippen LogP contribution >= 0.6 is 0 Å². The number of hydrogen-bond acceptors (Lipinski definition) is 4. The van der Waals surface area contributed by atoms with Gasteiger partial charge in [-0.15, -0.1) is 0 Å². The van der Waals surface area contributed by atoms with Gasteiger partial charge in [0.25, 0.3) is 0 Å². The molecule has 0 aromatic heterocycles. The van der Waals surface area contributed by atoms with E-state index in [4.69, 9.17) is 0 Å². The molecular formula is C16H25NO3. The van der Waals surface area contributed by atoms with E-state index < -0.39 is 6.10 Å². The number of anilines is 1. The monoisotopic (exact) mass is 279 g/mol. The number of ketones is 1. The standard InChI is InChI=1S/C16H25NO3/c1-4-9-17(10-15(19)16(20)12(2)3)14-8-6-5-7-13(14)11-18/h5-8,12,15,18-19H,4,9-11H2,1-3H3. The Hall–Kier alpha value is -1.39. The molecule has 1 rings (SSSR count). The Morgan fingerprint density at radius 2 is 1.95 bits per heavy atom. The van der Waals surface area contributed by atoms with Crippen molar-refractivity contribution >= 4 is 11.5 Å². The SMILES string of the molecule is CCCN(CC(O)C(=O)C(C)C)c1ccccc1CO. The second-order valence-electron chi connectivity index (χ2n) is 5.31. The fraction of sp³-hybridized carbons (Fsp3) is 0.562. The van der Waals surface area contributed by atoms with E-state index in [-0.39, 0.29) is 24.9 Å². The average molecular weight is 279 g/mol. The smallest absolute Gasteiger partial charge is 0.165 e. The molecule has 0 bridgehead atoms. The first-order valence-electron chi connectivity index (χ1n) is 7.16. The van der Waals surface area contributed by atoms with Gasteiger partial charge in [-0.1, -0.05) is 39.0 Å². The van der Waals surface area contributed by atoms with Crippen LogP contribution < -0.4 is 4.90 Å². The lowest BCUT2D eigenvalue weighted by molar-refractivity contribution is -0.129. The molecule has 0 saturated carbocycles. The maximum atomic E-state index is 11.8. The van der Waals surface area contributed by atoms with Crippen molar-refractivity contribution in [2.45, 2.75) is 39.9 Å². The quantitative estimate of drug-likeness (QED) is 0.764. The van der Waals surface area contributed by atoms with Crippen LogP contribution in [0.3, 0.4) is 0 Å². The van der Waals surface area contributed by atoms with Gasteiger partial charge >= 0.3 is 0 Å². The Bertz CT molecular complexity index is 431. The first kappa shape index (κ1) is 16.7. The van der Waals surface area contributed by atoms with Gasteiger partial charge in [0.2, 0.25) is 0 Å². The molecule has 1 aromatic rings. The summed E-state index contributed by atoms with van der Waals surface area (Å²) in [5.41, 5.74) is 1.69. The highest BCUT2D eigenvalue weighted by Gasteiger charge is 2.22. The third kappa shape index (κ3) is 4.32. The number of aliphatic hydroxyl groups excluding tert-OH is 2. The molecular weight excluding hydrogens is 254 g/mol. The molecule has 0 spiro atoms. The summed E-state index contributed by atoms with van der Waals surface area (Å²) >= 11 is 0. The molecule has 4 heteroatoms. The molecule has 0 fully saturated rings. The number of para-hydroxylation sites is 1. The predicted molar refractivity (Wildman–Crippen MR) is 80.7 cm³/mol. The first-order chi connectivity index (χ1) is 9.51. The number of carbonyl (C=O) groups is 1. The van der Waals surface area contributed by atoms with Gasteiger partial charge in [0.05, 0.1) is 13.2 Å². The molecule has 112 valence electrons. The van der Waals surface area contributed by atoms with Gasteiger partial charge in [-0.2, -0.15) is 0 Å². The lowest BCUT2D eigenvalue weighted by Gasteiger charge is -2.28. The molecule has 1 aromatic carbocycles. The van der Waals surface area contributed by atoms with Crippen molar-refractivity contribution in [3.63, 3.8) is 0 Å². The lowest BCUT2D eigenvalue weighted by Crippen LogP contribution is -2.39. The second-order valence-corrected chi connectivity index (χ2v) is 5.31. The molecule has 0 aliphatic heterocycles. The summed E-state index contributed by atoms with van der Waals surface area (Å²) in [7, 11) is 0. The van der Waals surface area contributed by atoms with Crippen molar-refractivity contribution in [2.24, 2.45) is 5.92 Å². The van der Waals surface area contributed by atoms with Gasteiger partial charge in [0.15, 0.2) is 5.78 Å². The predicted octanol–water partition coefficient (Wildman–Crippen LogP) is 1.98. The van der Waals surface area contributed by atoms with Gasteiger partial charge in [-0.05, 0) is 12.5 Å². The number of hydrogen-bond donors (Lipinski definition) is 2. The maximum Gasteiger partial charge on any atom is 0.165 e. The first-order valence-corrected chi connectivity index (χ1v) is 7.16. The topological polar surface area (TPSA) is 60.8 Å². The normalized spacial score (nSPS) is 12.5.